The molecule has 0 saturated carbocycles. The van der Waals surface area contributed by atoms with Crippen molar-refractivity contribution in [1.82, 2.24) is 5.01 Å². The van der Waals surface area contributed by atoms with Crippen LogP contribution in [-0.2, 0) is 17.6 Å². The van der Waals surface area contributed by atoms with Gasteiger partial charge in [-0.05, 0) is 42.5 Å². The van der Waals surface area contributed by atoms with Crippen molar-refractivity contribution in [2.75, 3.05) is 44.8 Å². The number of anilines is 1. The van der Waals surface area contributed by atoms with E-state index in [-0.39, 0.29) is 6.10 Å². The Hall–Kier alpha value is -1.30. The number of ether oxygens (including phenoxy) is 2. The minimum atomic E-state index is 0.277. The maximum absolute atomic E-state index is 6.29. The van der Waals surface area contributed by atoms with Crippen molar-refractivity contribution in [2.24, 2.45) is 5.84 Å². The Bertz CT molecular complexity index is 535. The van der Waals surface area contributed by atoms with Crippen LogP contribution in [0.5, 0.6) is 5.75 Å². The first-order valence-corrected chi connectivity index (χ1v) is 8.77. The molecule has 1 aromatic rings. The minimum absolute atomic E-state index is 0.277. The van der Waals surface area contributed by atoms with Gasteiger partial charge < -0.3 is 14.4 Å². The Balaban J connectivity index is 1.89. The molecule has 0 saturated heterocycles. The van der Waals surface area contributed by atoms with Crippen molar-refractivity contribution >= 4 is 5.69 Å². The molecular formula is C18H29N3O2. The van der Waals surface area contributed by atoms with Gasteiger partial charge in [0.2, 0.25) is 0 Å². The second kappa shape index (κ2) is 7.51. The summed E-state index contributed by atoms with van der Waals surface area (Å²) in [7, 11) is 1.76. The number of fused-ring (bicyclic) bond motifs is 2. The molecule has 2 aliphatic heterocycles. The lowest BCUT2D eigenvalue weighted by Crippen LogP contribution is -2.41. The van der Waals surface area contributed by atoms with Crippen molar-refractivity contribution in [3.05, 3.63) is 23.3 Å². The van der Waals surface area contributed by atoms with Crippen LogP contribution in [0.2, 0.25) is 0 Å². The SMILES string of the molecule is CCC[C@H]1CN(CCOC)c2cc3c(cc2O1)CCN(N)CC3. The molecule has 1 atom stereocenters. The molecule has 0 bridgehead atoms. The van der Waals surface area contributed by atoms with Crippen LogP contribution in [0, 0.1) is 0 Å². The number of rotatable bonds is 5. The summed E-state index contributed by atoms with van der Waals surface area (Å²) >= 11 is 0. The van der Waals surface area contributed by atoms with Crippen LogP contribution < -0.4 is 15.5 Å². The average Bonchev–Trinajstić information content (AvgIpc) is 2.73. The van der Waals surface area contributed by atoms with Gasteiger partial charge >= 0.3 is 0 Å². The molecule has 0 aromatic heterocycles. The van der Waals surface area contributed by atoms with Gasteiger partial charge in [-0.15, -0.1) is 0 Å². The van der Waals surface area contributed by atoms with E-state index in [9.17, 15) is 0 Å². The summed E-state index contributed by atoms with van der Waals surface area (Å²) in [5.41, 5.74) is 4.02. The Kier molecular flexibility index (Phi) is 5.41. The predicted octanol–water partition coefficient (Wildman–Crippen LogP) is 1.97. The third-order valence-electron chi connectivity index (χ3n) is 4.85. The highest BCUT2D eigenvalue weighted by atomic mass is 16.5. The molecule has 0 radical (unpaired) electrons. The lowest BCUT2D eigenvalue weighted by atomic mass is 9.99. The molecule has 3 rings (SSSR count). The summed E-state index contributed by atoms with van der Waals surface area (Å²) in [6.45, 7) is 6.65. The summed E-state index contributed by atoms with van der Waals surface area (Å²) in [5, 5.41) is 1.92. The van der Waals surface area contributed by atoms with Crippen molar-refractivity contribution in [3.63, 3.8) is 0 Å². The minimum Gasteiger partial charge on any atom is -0.486 e. The molecule has 2 aliphatic rings. The summed E-state index contributed by atoms with van der Waals surface area (Å²) < 4.78 is 11.6. The molecule has 5 heteroatoms. The van der Waals surface area contributed by atoms with E-state index in [0.29, 0.717) is 0 Å². The Morgan fingerprint density at radius 2 is 2.00 bits per heavy atom. The number of hydrazine groups is 1. The summed E-state index contributed by atoms with van der Waals surface area (Å²) in [4.78, 5) is 2.42. The second-order valence-electron chi connectivity index (χ2n) is 6.59. The molecule has 0 fully saturated rings. The molecule has 2 N–H and O–H groups in total. The van der Waals surface area contributed by atoms with E-state index in [0.717, 1.165) is 64.2 Å². The van der Waals surface area contributed by atoms with E-state index >= 15 is 0 Å². The number of hydrogen-bond donors (Lipinski definition) is 1. The van der Waals surface area contributed by atoms with E-state index in [2.05, 4.69) is 24.0 Å². The normalized spacial score (nSPS) is 21.3. The Morgan fingerprint density at radius 3 is 2.70 bits per heavy atom. The zero-order valence-corrected chi connectivity index (χ0v) is 14.4. The van der Waals surface area contributed by atoms with Crippen molar-refractivity contribution in [3.8, 4) is 5.75 Å². The highest BCUT2D eigenvalue weighted by Crippen LogP contribution is 2.37. The fourth-order valence-corrected chi connectivity index (χ4v) is 3.55. The second-order valence-corrected chi connectivity index (χ2v) is 6.59. The third kappa shape index (κ3) is 3.79. The molecule has 0 spiro atoms. The molecule has 1 aromatic carbocycles. The number of methoxy groups -OCH3 is 1. The van der Waals surface area contributed by atoms with E-state index in [1.54, 1.807) is 7.11 Å². The van der Waals surface area contributed by atoms with Crippen LogP contribution in [0.3, 0.4) is 0 Å². The number of nitrogens with zero attached hydrogens (tertiary/aromatic N) is 2. The van der Waals surface area contributed by atoms with Crippen molar-refractivity contribution in [2.45, 2.75) is 38.7 Å². The zero-order valence-electron chi connectivity index (χ0n) is 14.4. The molecule has 128 valence electrons. The highest BCUT2D eigenvalue weighted by molar-refractivity contribution is 5.64. The van der Waals surface area contributed by atoms with Crippen LogP contribution in [-0.4, -0.2) is 51.0 Å². The number of hydrogen-bond acceptors (Lipinski definition) is 5. The average molecular weight is 319 g/mol. The molecule has 5 nitrogen and oxygen atoms in total. The van der Waals surface area contributed by atoms with Crippen LogP contribution in [0.15, 0.2) is 12.1 Å². The summed E-state index contributed by atoms with van der Waals surface area (Å²) in [5.74, 6) is 7.03. The van der Waals surface area contributed by atoms with Gasteiger partial charge in [0.25, 0.3) is 0 Å². The lowest BCUT2D eigenvalue weighted by Gasteiger charge is -2.37. The monoisotopic (exact) mass is 319 g/mol. The fraction of sp³-hybridized carbons (Fsp3) is 0.667. The Morgan fingerprint density at radius 1 is 1.26 bits per heavy atom. The van der Waals surface area contributed by atoms with Crippen LogP contribution in [0.4, 0.5) is 5.69 Å². The third-order valence-corrected chi connectivity index (χ3v) is 4.85. The zero-order chi connectivity index (χ0) is 16.2. The first kappa shape index (κ1) is 16.6. The van der Waals surface area contributed by atoms with E-state index in [1.165, 1.54) is 16.8 Å². The topological polar surface area (TPSA) is 51.0 Å². The van der Waals surface area contributed by atoms with Gasteiger partial charge in [-0.25, -0.2) is 5.01 Å². The first-order chi connectivity index (χ1) is 11.2. The predicted molar refractivity (Wildman–Crippen MR) is 93.0 cm³/mol. The number of benzene rings is 1. The lowest BCUT2D eigenvalue weighted by molar-refractivity contribution is 0.169. The first-order valence-electron chi connectivity index (χ1n) is 8.77. The fourth-order valence-electron chi connectivity index (χ4n) is 3.55. The molecule has 0 aliphatic carbocycles. The van der Waals surface area contributed by atoms with Gasteiger partial charge in [0.1, 0.15) is 11.9 Å². The standard InChI is InChI=1S/C18H29N3O2/c1-3-4-16-13-20(9-10-22-2)17-11-14-5-7-21(19)8-6-15(14)12-18(17)23-16/h11-12,16H,3-10,13,19H2,1-2H3/t16-/m0/s1. The quantitative estimate of drug-likeness (QED) is 0.841. The highest BCUT2D eigenvalue weighted by Gasteiger charge is 2.27. The smallest absolute Gasteiger partial charge is 0.143 e. The van der Waals surface area contributed by atoms with Gasteiger partial charge in [0, 0.05) is 26.7 Å². The van der Waals surface area contributed by atoms with Gasteiger partial charge in [-0.2, -0.15) is 0 Å². The van der Waals surface area contributed by atoms with E-state index < -0.39 is 0 Å². The van der Waals surface area contributed by atoms with Crippen LogP contribution >= 0.6 is 0 Å². The number of nitrogens with two attached hydrogens (primary N) is 1. The van der Waals surface area contributed by atoms with Gasteiger partial charge in [-0.3, -0.25) is 5.84 Å². The largest absolute Gasteiger partial charge is 0.486 e. The molecule has 0 amide bonds. The molecule has 2 heterocycles. The van der Waals surface area contributed by atoms with Crippen molar-refractivity contribution in [1.29, 1.82) is 0 Å². The van der Waals surface area contributed by atoms with Gasteiger partial charge in [0.15, 0.2) is 0 Å². The molecule has 0 unspecified atom stereocenters. The summed E-state index contributed by atoms with van der Waals surface area (Å²) in [6, 6.07) is 4.58. The molecule has 23 heavy (non-hydrogen) atoms. The summed E-state index contributed by atoms with van der Waals surface area (Å²) in [6.07, 6.45) is 4.52. The maximum Gasteiger partial charge on any atom is 0.143 e. The molecular weight excluding hydrogens is 290 g/mol. The maximum atomic E-state index is 6.29. The van der Waals surface area contributed by atoms with Gasteiger partial charge in [0.05, 0.1) is 18.8 Å². The van der Waals surface area contributed by atoms with Crippen molar-refractivity contribution < 1.29 is 9.47 Å². The van der Waals surface area contributed by atoms with Gasteiger partial charge in [-0.1, -0.05) is 13.3 Å². The Labute approximate surface area is 139 Å². The van der Waals surface area contributed by atoms with E-state index in [4.69, 9.17) is 15.3 Å². The van der Waals surface area contributed by atoms with E-state index in [1.807, 2.05) is 5.01 Å². The van der Waals surface area contributed by atoms with Crippen LogP contribution in [0.1, 0.15) is 30.9 Å². The van der Waals surface area contributed by atoms with Crippen LogP contribution in [0.25, 0.3) is 0 Å².